The van der Waals surface area contributed by atoms with Crippen LogP contribution in [-0.2, 0) is 4.57 Å². The van der Waals surface area contributed by atoms with Gasteiger partial charge >= 0.3 is 0 Å². The maximum atomic E-state index is 10.5. The number of rotatable bonds is 1. The van der Waals surface area contributed by atoms with Gasteiger partial charge in [0.15, 0.2) is 14.7 Å². The van der Waals surface area contributed by atoms with Gasteiger partial charge in [-0.05, 0) is 18.2 Å². The van der Waals surface area contributed by atoms with E-state index in [1.54, 1.807) is 0 Å². The third-order valence-electron chi connectivity index (χ3n) is 1.75. The van der Waals surface area contributed by atoms with E-state index in [4.69, 9.17) is 0 Å². The van der Waals surface area contributed by atoms with Gasteiger partial charge in [-0.25, -0.2) is 4.98 Å². The van der Waals surface area contributed by atoms with Gasteiger partial charge < -0.3 is 0 Å². The molecule has 3 heteroatoms. The lowest BCUT2D eigenvalue weighted by Crippen LogP contribution is -2.03. The summed E-state index contributed by atoms with van der Waals surface area (Å²) in [6.45, 7) is 0. The van der Waals surface area contributed by atoms with E-state index in [9.17, 15) is 4.57 Å². The highest BCUT2D eigenvalue weighted by atomic mass is 31.1. The first-order chi connectivity index (χ1) is 5.90. The highest BCUT2D eigenvalue weighted by Crippen LogP contribution is 2.07. The van der Waals surface area contributed by atoms with Gasteiger partial charge in [0.25, 0.3) is 0 Å². The van der Waals surface area contributed by atoms with E-state index in [0.717, 1.165) is 16.2 Å². The molecule has 0 saturated heterocycles. The summed E-state index contributed by atoms with van der Waals surface area (Å²) in [6, 6.07) is 9.63. The Hall–Kier alpha value is -1.27. The van der Waals surface area contributed by atoms with Gasteiger partial charge in [0.1, 0.15) is 0 Å². The molecule has 1 N–H and O–H groups in total. The largest absolute Gasteiger partial charge is 0.269 e. The van der Waals surface area contributed by atoms with E-state index >= 15 is 0 Å². The fourth-order valence-electron chi connectivity index (χ4n) is 1.16. The van der Waals surface area contributed by atoms with Crippen LogP contribution in [0.3, 0.4) is 0 Å². The SMILES string of the molecule is O=Pc1ccc2ccc[nH+]c2c1. The zero-order valence-corrected chi connectivity index (χ0v) is 7.21. The molecule has 2 nitrogen and oxygen atoms in total. The minimum atomic E-state index is 0.0685. The molecular weight excluding hydrogens is 169 g/mol. The molecule has 2 rings (SSSR count). The molecule has 0 aliphatic heterocycles. The molecule has 1 aromatic carbocycles. The van der Waals surface area contributed by atoms with Crippen LogP contribution in [0.1, 0.15) is 0 Å². The Bertz CT molecular complexity index is 428. The number of pyridine rings is 1. The smallest absolute Gasteiger partial charge is 0.211 e. The second-order valence-electron chi connectivity index (χ2n) is 2.53. The standard InChI is InChI=1S/C9H6NOP/c11-12-8-4-3-7-2-1-5-10-9(7)6-8/h1-6H/p+1. The summed E-state index contributed by atoms with van der Waals surface area (Å²) in [5.74, 6) is 0. The van der Waals surface area contributed by atoms with Crippen LogP contribution in [-0.4, -0.2) is 0 Å². The van der Waals surface area contributed by atoms with Gasteiger partial charge in [0.2, 0.25) is 5.52 Å². The van der Waals surface area contributed by atoms with Gasteiger partial charge in [-0.2, -0.15) is 0 Å². The van der Waals surface area contributed by atoms with Crippen molar-refractivity contribution in [2.45, 2.75) is 0 Å². The molecule has 2 aromatic rings. The fourth-order valence-corrected chi connectivity index (χ4v) is 1.48. The van der Waals surface area contributed by atoms with Crippen molar-refractivity contribution in [3.63, 3.8) is 0 Å². The predicted molar refractivity (Wildman–Crippen MR) is 47.7 cm³/mol. The van der Waals surface area contributed by atoms with E-state index in [1.807, 2.05) is 36.5 Å². The Morgan fingerprint density at radius 3 is 3.00 bits per heavy atom. The topological polar surface area (TPSA) is 31.2 Å². The first kappa shape index (κ1) is 7.38. The quantitative estimate of drug-likeness (QED) is 0.607. The molecule has 0 aliphatic rings. The minimum absolute atomic E-state index is 0.0685. The number of benzene rings is 1. The minimum Gasteiger partial charge on any atom is -0.269 e. The molecular formula is C9H7NOP+. The van der Waals surface area contributed by atoms with Crippen molar-refractivity contribution in [2.24, 2.45) is 0 Å². The lowest BCUT2D eigenvalue weighted by molar-refractivity contribution is -0.344. The van der Waals surface area contributed by atoms with E-state index < -0.39 is 0 Å². The molecule has 0 radical (unpaired) electrons. The van der Waals surface area contributed by atoms with Crippen LogP contribution >= 0.6 is 8.46 Å². The number of nitrogens with one attached hydrogen (secondary N) is 1. The first-order valence-corrected chi connectivity index (χ1v) is 4.45. The van der Waals surface area contributed by atoms with E-state index in [-0.39, 0.29) is 8.46 Å². The first-order valence-electron chi connectivity index (χ1n) is 3.64. The van der Waals surface area contributed by atoms with Crippen molar-refractivity contribution in [3.8, 4) is 0 Å². The number of hydrogen-bond acceptors (Lipinski definition) is 1. The monoisotopic (exact) mass is 176 g/mol. The Kier molecular flexibility index (Phi) is 1.84. The van der Waals surface area contributed by atoms with Crippen LogP contribution in [0.2, 0.25) is 0 Å². The molecule has 0 atom stereocenters. The second-order valence-corrected chi connectivity index (χ2v) is 3.23. The molecule has 0 saturated carbocycles. The third-order valence-corrected chi connectivity index (χ3v) is 2.24. The zero-order valence-electron chi connectivity index (χ0n) is 6.32. The van der Waals surface area contributed by atoms with E-state index in [1.165, 1.54) is 0 Å². The predicted octanol–water partition coefficient (Wildman–Crippen LogP) is 1.57. The Balaban J connectivity index is 2.75. The van der Waals surface area contributed by atoms with Crippen molar-refractivity contribution in [1.82, 2.24) is 0 Å². The van der Waals surface area contributed by atoms with Crippen molar-refractivity contribution in [1.29, 1.82) is 0 Å². The maximum absolute atomic E-state index is 10.5. The number of fused-ring (bicyclic) bond motifs is 1. The molecule has 1 aromatic heterocycles. The van der Waals surface area contributed by atoms with Crippen molar-refractivity contribution in [2.75, 3.05) is 0 Å². The third kappa shape index (κ3) is 1.21. The lowest BCUT2D eigenvalue weighted by atomic mass is 10.2. The number of H-pyrrole nitrogens is 1. The molecule has 0 fully saturated rings. The van der Waals surface area contributed by atoms with Crippen molar-refractivity contribution >= 4 is 24.7 Å². The van der Waals surface area contributed by atoms with E-state index in [0.29, 0.717) is 0 Å². The van der Waals surface area contributed by atoms with E-state index in [2.05, 4.69) is 4.98 Å². The average molecular weight is 176 g/mol. The molecule has 0 spiro atoms. The van der Waals surface area contributed by atoms with Crippen LogP contribution in [0, 0.1) is 0 Å². The van der Waals surface area contributed by atoms with Gasteiger partial charge in [0.05, 0.1) is 0 Å². The molecule has 0 aliphatic carbocycles. The van der Waals surface area contributed by atoms with Crippen LogP contribution < -0.4 is 10.3 Å². The second kappa shape index (κ2) is 3.00. The summed E-state index contributed by atoms with van der Waals surface area (Å²) in [5.41, 5.74) is 1.01. The summed E-state index contributed by atoms with van der Waals surface area (Å²) >= 11 is 0. The summed E-state index contributed by atoms with van der Waals surface area (Å²) < 4.78 is 10.5. The Labute approximate surface area is 71.5 Å². The number of aromatic amines is 1. The van der Waals surface area contributed by atoms with Gasteiger partial charge in [0, 0.05) is 22.8 Å². The fraction of sp³-hybridized carbons (Fsp3) is 0. The number of hydrogen-bond donors (Lipinski definition) is 0. The van der Waals surface area contributed by atoms with Crippen LogP contribution in [0.25, 0.3) is 10.9 Å². The highest BCUT2D eigenvalue weighted by Gasteiger charge is 1.99. The van der Waals surface area contributed by atoms with Crippen molar-refractivity contribution in [3.05, 3.63) is 36.5 Å². The van der Waals surface area contributed by atoms with Gasteiger partial charge in [-0.3, -0.25) is 4.57 Å². The van der Waals surface area contributed by atoms with Crippen LogP contribution in [0.5, 0.6) is 0 Å². The normalized spacial score (nSPS) is 10.7. The molecule has 58 valence electrons. The summed E-state index contributed by atoms with van der Waals surface area (Å²) in [6.07, 6.45) is 1.85. The zero-order chi connectivity index (χ0) is 8.39. The summed E-state index contributed by atoms with van der Waals surface area (Å²) in [7, 11) is 0.0685. The lowest BCUT2D eigenvalue weighted by Gasteiger charge is -1.89. The maximum Gasteiger partial charge on any atom is 0.211 e. The molecule has 1 heterocycles. The number of aromatic nitrogens is 1. The molecule has 0 bridgehead atoms. The Morgan fingerprint density at radius 2 is 2.17 bits per heavy atom. The average Bonchev–Trinajstić information content (AvgIpc) is 2.17. The van der Waals surface area contributed by atoms with Gasteiger partial charge in [-0.1, -0.05) is 0 Å². The van der Waals surface area contributed by atoms with Crippen LogP contribution in [0.15, 0.2) is 36.5 Å². The van der Waals surface area contributed by atoms with Gasteiger partial charge in [-0.15, -0.1) is 0 Å². The molecule has 0 amide bonds. The highest BCUT2D eigenvalue weighted by molar-refractivity contribution is 7.34. The molecule has 12 heavy (non-hydrogen) atoms. The molecule has 0 unspecified atom stereocenters. The summed E-state index contributed by atoms with van der Waals surface area (Å²) in [5, 5.41) is 1.93. The van der Waals surface area contributed by atoms with Crippen LogP contribution in [0.4, 0.5) is 0 Å². The Morgan fingerprint density at radius 1 is 1.25 bits per heavy atom. The summed E-state index contributed by atoms with van der Waals surface area (Å²) in [4.78, 5) is 3.08. The van der Waals surface area contributed by atoms with Crippen molar-refractivity contribution < 1.29 is 9.55 Å².